The zero-order valence-electron chi connectivity index (χ0n) is 18.2. The second-order valence-corrected chi connectivity index (χ2v) is 10.1. The van der Waals surface area contributed by atoms with E-state index in [1.54, 1.807) is 7.05 Å². The number of piperidine rings is 1. The first-order valence-electron chi connectivity index (χ1n) is 9.81. The molecule has 0 unspecified atom stereocenters. The van der Waals surface area contributed by atoms with Crippen molar-refractivity contribution >= 4 is 40.0 Å². The lowest BCUT2D eigenvalue weighted by Gasteiger charge is -2.34. The Kier molecular flexibility index (Phi) is 10.3. The van der Waals surface area contributed by atoms with Crippen LogP contribution >= 0.6 is 24.0 Å². The number of benzene rings is 1. The number of hydrogen-bond acceptors (Lipinski definition) is 4. The lowest BCUT2D eigenvalue weighted by Crippen LogP contribution is -2.55. The number of guanidine groups is 1. The summed E-state index contributed by atoms with van der Waals surface area (Å²) in [6, 6.07) is 8.93. The minimum absolute atomic E-state index is 0. The minimum atomic E-state index is -3.25. The van der Waals surface area contributed by atoms with Gasteiger partial charge in [0.05, 0.1) is 6.26 Å². The van der Waals surface area contributed by atoms with Crippen LogP contribution in [-0.2, 0) is 16.6 Å². The van der Waals surface area contributed by atoms with Crippen molar-refractivity contribution in [1.29, 1.82) is 0 Å². The molecule has 2 rings (SSSR count). The molecule has 9 heteroatoms. The van der Waals surface area contributed by atoms with Crippen molar-refractivity contribution in [3.05, 3.63) is 35.4 Å². The predicted octanol–water partition coefficient (Wildman–Crippen LogP) is 2.07. The van der Waals surface area contributed by atoms with Crippen molar-refractivity contribution in [3.63, 3.8) is 0 Å². The monoisotopic (exact) mass is 537 g/mol. The van der Waals surface area contributed by atoms with Gasteiger partial charge in [-0.1, -0.05) is 24.3 Å². The highest BCUT2D eigenvalue weighted by Crippen LogP contribution is 2.16. The average molecular weight is 538 g/mol. The van der Waals surface area contributed by atoms with Crippen LogP contribution in [0, 0.1) is 6.92 Å². The molecule has 1 saturated heterocycles. The molecule has 1 aliphatic rings. The van der Waals surface area contributed by atoms with Crippen molar-refractivity contribution in [3.8, 4) is 0 Å². The number of rotatable bonds is 7. The zero-order chi connectivity index (χ0) is 20.8. The van der Waals surface area contributed by atoms with E-state index >= 15 is 0 Å². The van der Waals surface area contributed by atoms with Crippen LogP contribution in [0.5, 0.6) is 0 Å². The van der Waals surface area contributed by atoms with Gasteiger partial charge in [0.25, 0.3) is 0 Å². The molecule has 0 amide bonds. The number of hydrogen-bond donors (Lipinski definition) is 3. The van der Waals surface area contributed by atoms with Crippen molar-refractivity contribution in [2.24, 2.45) is 4.99 Å². The number of aryl methyl sites for hydroxylation is 1. The van der Waals surface area contributed by atoms with Gasteiger partial charge in [-0.3, -0.25) is 9.89 Å². The van der Waals surface area contributed by atoms with Crippen LogP contribution in [-0.4, -0.2) is 63.8 Å². The summed E-state index contributed by atoms with van der Waals surface area (Å²) in [5, 5.41) is 6.71. The molecular weight excluding hydrogens is 501 g/mol. The van der Waals surface area contributed by atoms with Gasteiger partial charge in [0.15, 0.2) is 5.96 Å². The van der Waals surface area contributed by atoms with E-state index in [2.05, 4.69) is 56.4 Å². The molecule has 0 aliphatic carbocycles. The van der Waals surface area contributed by atoms with Gasteiger partial charge in [-0.05, 0) is 44.7 Å². The second kappa shape index (κ2) is 11.5. The average Bonchev–Trinajstić information content (AvgIpc) is 2.60. The molecule has 0 saturated carbocycles. The fourth-order valence-corrected chi connectivity index (χ4v) is 4.57. The predicted molar refractivity (Wildman–Crippen MR) is 131 cm³/mol. The van der Waals surface area contributed by atoms with Crippen molar-refractivity contribution in [1.82, 2.24) is 20.3 Å². The Bertz CT molecular complexity index is 775. The normalized spacial score (nSPS) is 16.9. The van der Waals surface area contributed by atoms with Crippen LogP contribution in [0.25, 0.3) is 0 Å². The van der Waals surface area contributed by atoms with Gasteiger partial charge in [0, 0.05) is 44.8 Å². The van der Waals surface area contributed by atoms with Crippen molar-refractivity contribution in [2.45, 2.75) is 51.7 Å². The highest BCUT2D eigenvalue weighted by atomic mass is 127. The van der Waals surface area contributed by atoms with E-state index in [4.69, 9.17) is 0 Å². The summed E-state index contributed by atoms with van der Waals surface area (Å²) in [6.07, 6.45) is 3.28. The van der Waals surface area contributed by atoms with Crippen LogP contribution < -0.4 is 15.4 Å². The van der Waals surface area contributed by atoms with E-state index < -0.39 is 15.6 Å². The lowest BCUT2D eigenvalue weighted by molar-refractivity contribution is 0.198. The van der Waals surface area contributed by atoms with Crippen LogP contribution in [0.4, 0.5) is 0 Å². The molecule has 0 aromatic heterocycles. The Morgan fingerprint density at radius 3 is 2.41 bits per heavy atom. The molecule has 1 aliphatic heterocycles. The lowest BCUT2D eigenvalue weighted by atomic mass is 10.0. The Morgan fingerprint density at radius 1 is 1.24 bits per heavy atom. The van der Waals surface area contributed by atoms with Crippen molar-refractivity contribution in [2.75, 3.05) is 32.9 Å². The van der Waals surface area contributed by atoms with Gasteiger partial charge >= 0.3 is 0 Å². The van der Waals surface area contributed by atoms with E-state index in [0.29, 0.717) is 18.5 Å². The number of halogens is 1. The maximum Gasteiger partial charge on any atom is 0.209 e. The molecule has 29 heavy (non-hydrogen) atoms. The summed E-state index contributed by atoms with van der Waals surface area (Å²) in [6.45, 7) is 9.40. The first-order chi connectivity index (χ1) is 13.1. The highest BCUT2D eigenvalue weighted by molar-refractivity contribution is 14.0. The molecule has 0 radical (unpaired) electrons. The highest BCUT2D eigenvalue weighted by Gasteiger charge is 2.24. The number of nitrogens with zero attached hydrogens (tertiary/aromatic N) is 2. The Balaban J connectivity index is 0.00000420. The maximum atomic E-state index is 11.5. The fourth-order valence-electron chi connectivity index (χ4n) is 3.49. The molecule has 0 atom stereocenters. The summed E-state index contributed by atoms with van der Waals surface area (Å²) < 4.78 is 25.6. The van der Waals surface area contributed by atoms with E-state index in [-0.39, 0.29) is 24.0 Å². The fraction of sp³-hybridized carbons (Fsp3) is 0.650. The number of nitrogens with one attached hydrogen (secondary N) is 3. The smallest absolute Gasteiger partial charge is 0.209 e. The van der Waals surface area contributed by atoms with Crippen LogP contribution in [0.3, 0.4) is 0 Å². The van der Waals surface area contributed by atoms with E-state index in [0.717, 1.165) is 32.5 Å². The SMILES string of the molecule is CN=C(NCC(C)(C)NS(C)(=O)=O)NC1CCN(Cc2ccccc2C)CC1.I. The second-order valence-electron chi connectivity index (χ2n) is 8.31. The first kappa shape index (κ1) is 26.1. The largest absolute Gasteiger partial charge is 0.355 e. The van der Waals surface area contributed by atoms with Crippen LogP contribution in [0.15, 0.2) is 29.3 Å². The summed E-state index contributed by atoms with van der Waals surface area (Å²) >= 11 is 0. The molecule has 1 aromatic rings. The van der Waals surface area contributed by atoms with Gasteiger partial charge in [-0.15, -0.1) is 24.0 Å². The maximum absolute atomic E-state index is 11.5. The topological polar surface area (TPSA) is 85.8 Å². The van der Waals surface area contributed by atoms with E-state index in [1.165, 1.54) is 17.4 Å². The third-order valence-electron chi connectivity index (χ3n) is 4.97. The number of sulfonamides is 1. The summed E-state index contributed by atoms with van der Waals surface area (Å²) in [4.78, 5) is 6.78. The molecule has 166 valence electrons. The quantitative estimate of drug-likeness (QED) is 0.282. The van der Waals surface area contributed by atoms with Gasteiger partial charge in [0.1, 0.15) is 0 Å². The van der Waals surface area contributed by atoms with E-state index in [1.807, 2.05) is 13.8 Å². The third kappa shape index (κ3) is 9.63. The van der Waals surface area contributed by atoms with Crippen LogP contribution in [0.2, 0.25) is 0 Å². The molecular formula is C20H36IN5O2S. The Hall–Kier alpha value is -0.910. The van der Waals surface area contributed by atoms with Crippen molar-refractivity contribution < 1.29 is 8.42 Å². The van der Waals surface area contributed by atoms with Gasteiger partial charge in [-0.2, -0.15) is 0 Å². The molecule has 1 aromatic carbocycles. The molecule has 1 fully saturated rings. The molecule has 3 N–H and O–H groups in total. The van der Waals surface area contributed by atoms with E-state index in [9.17, 15) is 8.42 Å². The minimum Gasteiger partial charge on any atom is -0.355 e. The zero-order valence-corrected chi connectivity index (χ0v) is 21.3. The summed E-state index contributed by atoms with van der Waals surface area (Å²) in [5.74, 6) is 0.709. The Morgan fingerprint density at radius 2 is 1.86 bits per heavy atom. The summed E-state index contributed by atoms with van der Waals surface area (Å²) in [7, 11) is -1.52. The van der Waals surface area contributed by atoms with Gasteiger partial charge in [0.2, 0.25) is 10.0 Å². The number of likely N-dealkylation sites (tertiary alicyclic amines) is 1. The molecule has 0 bridgehead atoms. The first-order valence-corrected chi connectivity index (χ1v) is 11.7. The standard InChI is InChI=1S/C20H35N5O2S.HI/c1-16-8-6-7-9-17(16)14-25-12-10-18(11-13-25)23-19(21-4)22-15-20(2,3)24-28(5,26)27;/h6-9,18,24H,10-15H2,1-5H3,(H2,21,22,23);1H. The number of aliphatic imine (C=N–C) groups is 1. The van der Waals surface area contributed by atoms with Crippen LogP contribution in [0.1, 0.15) is 37.8 Å². The Labute approximate surface area is 193 Å². The molecule has 7 nitrogen and oxygen atoms in total. The van der Waals surface area contributed by atoms with Gasteiger partial charge in [-0.25, -0.2) is 13.1 Å². The third-order valence-corrected chi connectivity index (χ3v) is 5.89. The molecule has 1 heterocycles. The molecule has 0 spiro atoms. The van der Waals surface area contributed by atoms with Gasteiger partial charge < -0.3 is 10.6 Å². The summed E-state index contributed by atoms with van der Waals surface area (Å²) in [5.41, 5.74) is 2.15.